The van der Waals surface area contributed by atoms with E-state index in [1.54, 1.807) is 0 Å². The van der Waals surface area contributed by atoms with E-state index in [4.69, 9.17) is 5.26 Å². The fourth-order valence-electron chi connectivity index (χ4n) is 2.41. The highest BCUT2D eigenvalue weighted by Crippen LogP contribution is 2.47. The minimum absolute atomic E-state index is 0.411. The number of nitriles is 1. The maximum absolute atomic E-state index is 8.72. The van der Waals surface area contributed by atoms with Gasteiger partial charge < -0.3 is 0 Å². The number of hydrogen-bond acceptors (Lipinski definition) is 1. The smallest absolute Gasteiger partial charge is 0.0628 e. The number of nitrogens with zero attached hydrogens (tertiary/aromatic N) is 1. The summed E-state index contributed by atoms with van der Waals surface area (Å²) in [6, 6.07) is 2.30. The summed E-state index contributed by atoms with van der Waals surface area (Å²) in [4.78, 5) is 0. The van der Waals surface area contributed by atoms with Crippen molar-refractivity contribution < 1.29 is 0 Å². The molecule has 0 amide bonds. The zero-order valence-electron chi connectivity index (χ0n) is 9.15. The van der Waals surface area contributed by atoms with E-state index in [1.807, 2.05) is 0 Å². The molecule has 0 aromatic carbocycles. The van der Waals surface area contributed by atoms with Crippen molar-refractivity contribution >= 4 is 0 Å². The second-order valence-corrected chi connectivity index (χ2v) is 5.13. The summed E-state index contributed by atoms with van der Waals surface area (Å²) >= 11 is 0. The molecule has 0 aromatic heterocycles. The van der Waals surface area contributed by atoms with Crippen molar-refractivity contribution in [1.82, 2.24) is 0 Å². The summed E-state index contributed by atoms with van der Waals surface area (Å²) in [6.07, 6.45) is 3.06. The van der Waals surface area contributed by atoms with Crippen molar-refractivity contribution in [3.05, 3.63) is 11.1 Å². The Balaban J connectivity index is 2.86. The molecule has 0 N–H and O–H groups in total. The zero-order valence-corrected chi connectivity index (χ0v) is 9.15. The van der Waals surface area contributed by atoms with Crippen LogP contribution in [0.3, 0.4) is 0 Å². The molecule has 0 aromatic rings. The lowest BCUT2D eigenvalue weighted by Gasteiger charge is -2.15. The molecule has 1 saturated carbocycles. The number of allylic oxidation sites excluding steroid dienone is 2. The summed E-state index contributed by atoms with van der Waals surface area (Å²) in [7, 11) is 0. The SMILES string of the molecule is CC(C)=C1CC(C)(C)CC1CC#N. The van der Waals surface area contributed by atoms with E-state index < -0.39 is 0 Å². The lowest BCUT2D eigenvalue weighted by atomic mass is 9.90. The lowest BCUT2D eigenvalue weighted by molar-refractivity contribution is 0.362. The van der Waals surface area contributed by atoms with Gasteiger partial charge >= 0.3 is 0 Å². The van der Waals surface area contributed by atoms with Crippen molar-refractivity contribution in [1.29, 1.82) is 5.26 Å². The molecule has 1 heteroatoms. The summed E-state index contributed by atoms with van der Waals surface area (Å²) in [5, 5.41) is 8.72. The molecule has 0 bridgehead atoms. The van der Waals surface area contributed by atoms with Gasteiger partial charge in [-0.3, -0.25) is 0 Å². The predicted octanol–water partition coefficient (Wildman–Crippen LogP) is 3.67. The molecule has 0 spiro atoms. The minimum atomic E-state index is 0.411. The number of hydrogen-bond donors (Lipinski definition) is 0. The lowest BCUT2D eigenvalue weighted by Crippen LogP contribution is -2.04. The van der Waals surface area contributed by atoms with E-state index in [9.17, 15) is 0 Å². The van der Waals surface area contributed by atoms with E-state index in [2.05, 4.69) is 33.8 Å². The van der Waals surface area contributed by atoms with Gasteiger partial charge in [0.05, 0.1) is 6.07 Å². The molecule has 0 aliphatic heterocycles. The second kappa shape index (κ2) is 3.54. The molecule has 1 fully saturated rings. The van der Waals surface area contributed by atoms with Crippen LogP contribution in [0.4, 0.5) is 0 Å². The van der Waals surface area contributed by atoms with Gasteiger partial charge in [0.1, 0.15) is 0 Å². The topological polar surface area (TPSA) is 23.8 Å². The molecule has 0 radical (unpaired) electrons. The highest BCUT2D eigenvalue weighted by Gasteiger charge is 2.34. The van der Waals surface area contributed by atoms with Gasteiger partial charge in [0.15, 0.2) is 0 Å². The highest BCUT2D eigenvalue weighted by atomic mass is 14.4. The maximum atomic E-state index is 8.72. The summed E-state index contributed by atoms with van der Waals surface area (Å²) in [5.74, 6) is 0.532. The van der Waals surface area contributed by atoms with Gasteiger partial charge in [-0.25, -0.2) is 0 Å². The van der Waals surface area contributed by atoms with Crippen LogP contribution in [0.2, 0.25) is 0 Å². The van der Waals surface area contributed by atoms with E-state index in [1.165, 1.54) is 24.0 Å². The Bertz CT molecular complexity index is 261. The Morgan fingerprint density at radius 1 is 1.54 bits per heavy atom. The first-order valence-corrected chi connectivity index (χ1v) is 4.99. The van der Waals surface area contributed by atoms with Crippen molar-refractivity contribution in [2.45, 2.75) is 47.0 Å². The highest BCUT2D eigenvalue weighted by molar-refractivity contribution is 5.21. The Kier molecular flexibility index (Phi) is 2.81. The molecule has 0 heterocycles. The first-order valence-electron chi connectivity index (χ1n) is 4.99. The van der Waals surface area contributed by atoms with Crippen LogP contribution in [0.15, 0.2) is 11.1 Å². The van der Waals surface area contributed by atoms with E-state index in [-0.39, 0.29) is 0 Å². The summed E-state index contributed by atoms with van der Waals surface area (Å²) in [6.45, 7) is 8.93. The zero-order chi connectivity index (χ0) is 10.1. The van der Waals surface area contributed by atoms with Gasteiger partial charge in [0.2, 0.25) is 0 Å². The Hall–Kier alpha value is -0.770. The molecular formula is C12H19N. The quantitative estimate of drug-likeness (QED) is 0.560. The standard InChI is InChI=1S/C12H19N/c1-9(2)11-8-12(3,4)7-10(11)5-6-13/h10H,5,7-8H2,1-4H3. The molecule has 13 heavy (non-hydrogen) atoms. The van der Waals surface area contributed by atoms with Gasteiger partial charge in [0, 0.05) is 6.42 Å². The molecule has 0 saturated heterocycles. The molecule has 1 unspecified atom stereocenters. The normalized spacial score (nSPS) is 25.8. The third-order valence-electron chi connectivity index (χ3n) is 2.94. The Labute approximate surface area is 81.5 Å². The average molecular weight is 177 g/mol. The molecule has 72 valence electrons. The van der Waals surface area contributed by atoms with E-state index in [0.717, 1.165) is 0 Å². The largest absolute Gasteiger partial charge is 0.198 e. The summed E-state index contributed by atoms with van der Waals surface area (Å²) < 4.78 is 0. The average Bonchev–Trinajstić information content (AvgIpc) is 2.26. The molecule has 1 atom stereocenters. The van der Waals surface area contributed by atoms with Gasteiger partial charge in [0.25, 0.3) is 0 Å². The monoisotopic (exact) mass is 177 g/mol. The molecular weight excluding hydrogens is 158 g/mol. The van der Waals surface area contributed by atoms with E-state index >= 15 is 0 Å². The Morgan fingerprint density at radius 2 is 2.15 bits per heavy atom. The first-order chi connectivity index (χ1) is 5.96. The van der Waals surface area contributed by atoms with Gasteiger partial charge in [-0.05, 0) is 38.0 Å². The van der Waals surface area contributed by atoms with E-state index in [0.29, 0.717) is 17.8 Å². The molecule has 1 aliphatic rings. The fraction of sp³-hybridized carbons (Fsp3) is 0.750. The maximum Gasteiger partial charge on any atom is 0.0628 e. The van der Waals surface area contributed by atoms with Gasteiger partial charge in [-0.2, -0.15) is 5.26 Å². The van der Waals surface area contributed by atoms with Crippen LogP contribution < -0.4 is 0 Å². The van der Waals surface area contributed by atoms with Crippen LogP contribution in [0.25, 0.3) is 0 Å². The summed E-state index contributed by atoms with van der Waals surface area (Å²) in [5.41, 5.74) is 3.37. The number of rotatable bonds is 1. The van der Waals surface area contributed by atoms with Crippen LogP contribution in [0.1, 0.15) is 47.0 Å². The Morgan fingerprint density at radius 3 is 2.62 bits per heavy atom. The van der Waals surface area contributed by atoms with Crippen molar-refractivity contribution in [3.8, 4) is 6.07 Å². The third-order valence-corrected chi connectivity index (χ3v) is 2.94. The predicted molar refractivity (Wildman–Crippen MR) is 55.1 cm³/mol. The molecule has 1 aliphatic carbocycles. The van der Waals surface area contributed by atoms with Crippen LogP contribution in [-0.2, 0) is 0 Å². The van der Waals surface area contributed by atoms with Crippen molar-refractivity contribution in [2.24, 2.45) is 11.3 Å². The van der Waals surface area contributed by atoms with Gasteiger partial charge in [-0.15, -0.1) is 0 Å². The molecule has 1 nitrogen and oxygen atoms in total. The third kappa shape index (κ3) is 2.34. The second-order valence-electron chi connectivity index (χ2n) is 5.13. The molecule has 1 rings (SSSR count). The van der Waals surface area contributed by atoms with Crippen LogP contribution in [0.5, 0.6) is 0 Å². The van der Waals surface area contributed by atoms with Crippen LogP contribution in [0, 0.1) is 22.7 Å². The van der Waals surface area contributed by atoms with Crippen molar-refractivity contribution in [2.75, 3.05) is 0 Å². The first kappa shape index (κ1) is 10.3. The minimum Gasteiger partial charge on any atom is -0.198 e. The van der Waals surface area contributed by atoms with Crippen LogP contribution >= 0.6 is 0 Å². The van der Waals surface area contributed by atoms with Gasteiger partial charge in [-0.1, -0.05) is 25.0 Å². The van der Waals surface area contributed by atoms with Crippen molar-refractivity contribution in [3.63, 3.8) is 0 Å². The fourth-order valence-corrected chi connectivity index (χ4v) is 2.41. The van der Waals surface area contributed by atoms with Crippen LogP contribution in [-0.4, -0.2) is 0 Å².